The standard InChI is InChI=1S/C22H34N6O6/c1-22(2,14-28(3)21(33)34-15-8-5-4-6-9-15)13-26-19(32)16(10-7-11-25-20(23)24)27-17(29)12-18(30)31/h4-6,8-9,16H,7,10-14H2,1-3H3,(H,26,32)(H,27,29)(H,30,31)(H4,23,24,25). The summed E-state index contributed by atoms with van der Waals surface area (Å²) in [6, 6.07) is 7.70. The fraction of sp³-hybridized carbons (Fsp3) is 0.500. The fourth-order valence-corrected chi connectivity index (χ4v) is 3.03. The summed E-state index contributed by atoms with van der Waals surface area (Å²) in [5.41, 5.74) is 10.0. The Kier molecular flexibility index (Phi) is 11.3. The number of aliphatic imine (C=N–C) groups is 1. The number of nitrogens with two attached hydrogens (primary N) is 2. The monoisotopic (exact) mass is 478 g/mol. The van der Waals surface area contributed by atoms with Gasteiger partial charge in [0, 0.05) is 26.7 Å². The molecule has 7 N–H and O–H groups in total. The van der Waals surface area contributed by atoms with Crippen molar-refractivity contribution in [2.24, 2.45) is 21.9 Å². The molecule has 1 unspecified atom stereocenters. The predicted octanol–water partition coefficient (Wildman–Crippen LogP) is 0.273. The quantitative estimate of drug-likeness (QED) is 0.115. The molecule has 0 fully saturated rings. The van der Waals surface area contributed by atoms with E-state index in [1.165, 1.54) is 4.90 Å². The highest BCUT2D eigenvalue weighted by molar-refractivity contribution is 5.96. The van der Waals surface area contributed by atoms with E-state index in [1.807, 2.05) is 19.9 Å². The highest BCUT2D eigenvalue weighted by Crippen LogP contribution is 2.17. The number of guanidine groups is 1. The van der Waals surface area contributed by atoms with Crippen LogP contribution in [-0.4, -0.2) is 72.6 Å². The van der Waals surface area contributed by atoms with E-state index in [-0.39, 0.29) is 32.0 Å². The van der Waals surface area contributed by atoms with Crippen LogP contribution in [0.15, 0.2) is 35.3 Å². The molecule has 1 aromatic rings. The zero-order valence-corrected chi connectivity index (χ0v) is 19.7. The molecule has 12 nitrogen and oxygen atoms in total. The van der Waals surface area contributed by atoms with Gasteiger partial charge in [-0.15, -0.1) is 0 Å². The lowest BCUT2D eigenvalue weighted by atomic mass is 9.92. The summed E-state index contributed by atoms with van der Waals surface area (Å²) < 4.78 is 5.31. The topological polar surface area (TPSA) is 189 Å². The van der Waals surface area contributed by atoms with Gasteiger partial charge in [0.2, 0.25) is 11.8 Å². The minimum atomic E-state index is -1.30. The molecule has 0 aromatic heterocycles. The van der Waals surface area contributed by atoms with Crippen LogP contribution in [0.3, 0.4) is 0 Å². The molecule has 1 aromatic carbocycles. The van der Waals surface area contributed by atoms with Crippen molar-refractivity contribution in [3.8, 4) is 5.75 Å². The maximum Gasteiger partial charge on any atom is 0.414 e. The number of hydrogen-bond acceptors (Lipinski definition) is 6. The normalized spacial score (nSPS) is 11.6. The number of nitrogens with one attached hydrogen (secondary N) is 2. The summed E-state index contributed by atoms with van der Waals surface area (Å²) in [5.74, 6) is -2.23. The van der Waals surface area contributed by atoms with Crippen molar-refractivity contribution in [1.29, 1.82) is 0 Å². The van der Waals surface area contributed by atoms with Crippen LogP contribution in [-0.2, 0) is 14.4 Å². The molecule has 1 rings (SSSR count). The molecule has 34 heavy (non-hydrogen) atoms. The molecular weight excluding hydrogens is 444 g/mol. The minimum absolute atomic E-state index is 0.0902. The summed E-state index contributed by atoms with van der Waals surface area (Å²) in [5, 5.41) is 14.0. The van der Waals surface area contributed by atoms with E-state index in [2.05, 4.69) is 15.6 Å². The first-order valence-corrected chi connectivity index (χ1v) is 10.7. The van der Waals surface area contributed by atoms with Gasteiger partial charge in [-0.1, -0.05) is 32.0 Å². The molecule has 3 amide bonds. The van der Waals surface area contributed by atoms with Gasteiger partial charge in [0.05, 0.1) is 0 Å². The number of amides is 3. The molecule has 0 saturated carbocycles. The van der Waals surface area contributed by atoms with Gasteiger partial charge in [0.1, 0.15) is 18.2 Å². The van der Waals surface area contributed by atoms with Gasteiger partial charge in [0.25, 0.3) is 0 Å². The van der Waals surface area contributed by atoms with Crippen molar-refractivity contribution < 1.29 is 29.0 Å². The predicted molar refractivity (Wildman–Crippen MR) is 126 cm³/mol. The number of aliphatic carboxylic acids is 1. The molecule has 0 saturated heterocycles. The van der Waals surface area contributed by atoms with Crippen molar-refractivity contribution in [2.45, 2.75) is 39.2 Å². The fourth-order valence-electron chi connectivity index (χ4n) is 3.03. The summed E-state index contributed by atoms with van der Waals surface area (Å²) in [4.78, 5) is 53.0. The van der Waals surface area contributed by atoms with Crippen molar-refractivity contribution in [3.05, 3.63) is 30.3 Å². The Bertz CT molecular complexity index is 870. The number of hydrogen-bond donors (Lipinski definition) is 5. The molecule has 0 spiro atoms. The number of benzene rings is 1. The first-order chi connectivity index (χ1) is 15.9. The van der Waals surface area contributed by atoms with E-state index in [0.29, 0.717) is 12.2 Å². The number of carbonyl (C=O) groups excluding carboxylic acids is 3. The molecule has 0 aliphatic rings. The Morgan fingerprint density at radius 1 is 1.18 bits per heavy atom. The van der Waals surface area contributed by atoms with Crippen molar-refractivity contribution in [1.82, 2.24) is 15.5 Å². The van der Waals surface area contributed by atoms with Crippen molar-refractivity contribution in [3.63, 3.8) is 0 Å². The third-order valence-electron chi connectivity index (χ3n) is 4.58. The molecule has 0 radical (unpaired) electrons. The van der Waals surface area contributed by atoms with E-state index in [9.17, 15) is 19.2 Å². The smallest absolute Gasteiger partial charge is 0.414 e. The van der Waals surface area contributed by atoms with Crippen LogP contribution in [0, 0.1) is 5.41 Å². The second-order valence-corrected chi connectivity index (χ2v) is 8.56. The zero-order chi connectivity index (χ0) is 25.7. The molecular formula is C22H34N6O6. The number of nitrogens with zero attached hydrogens (tertiary/aromatic N) is 2. The third-order valence-corrected chi connectivity index (χ3v) is 4.58. The summed E-state index contributed by atoms with van der Waals surface area (Å²) in [7, 11) is 1.59. The lowest BCUT2D eigenvalue weighted by Crippen LogP contribution is -2.50. The van der Waals surface area contributed by atoms with E-state index < -0.39 is 41.8 Å². The zero-order valence-electron chi connectivity index (χ0n) is 19.7. The van der Waals surface area contributed by atoms with Crippen LogP contribution >= 0.6 is 0 Å². The molecule has 188 valence electrons. The van der Waals surface area contributed by atoms with Gasteiger partial charge in [-0.3, -0.25) is 19.4 Å². The first-order valence-electron chi connectivity index (χ1n) is 10.7. The maximum absolute atomic E-state index is 12.7. The number of carboxylic acid groups (broad SMARTS) is 1. The van der Waals surface area contributed by atoms with Crippen LogP contribution < -0.4 is 26.8 Å². The third kappa shape index (κ3) is 11.7. The van der Waals surface area contributed by atoms with Gasteiger partial charge in [0.15, 0.2) is 5.96 Å². The number of rotatable bonds is 13. The Labute approximate surface area is 198 Å². The SMILES string of the molecule is CN(CC(C)(C)CNC(=O)C(CCCN=C(N)N)NC(=O)CC(=O)O)C(=O)Oc1ccccc1. The Balaban J connectivity index is 2.66. The van der Waals surface area contributed by atoms with Gasteiger partial charge in [-0.25, -0.2) is 4.79 Å². The molecule has 0 heterocycles. The molecule has 12 heteroatoms. The molecule has 0 aliphatic heterocycles. The summed E-state index contributed by atoms with van der Waals surface area (Å²) >= 11 is 0. The Morgan fingerprint density at radius 3 is 2.41 bits per heavy atom. The average molecular weight is 479 g/mol. The molecule has 0 bridgehead atoms. The highest BCUT2D eigenvalue weighted by atomic mass is 16.6. The lowest BCUT2D eigenvalue weighted by Gasteiger charge is -2.30. The number of ether oxygens (including phenoxy) is 1. The summed E-state index contributed by atoms with van der Waals surface area (Å²) in [6.45, 7) is 4.43. The second kappa shape index (κ2) is 13.7. The maximum atomic E-state index is 12.7. The number of carbonyl (C=O) groups is 4. The average Bonchev–Trinajstić information content (AvgIpc) is 2.73. The second-order valence-electron chi connectivity index (χ2n) is 8.56. The highest BCUT2D eigenvalue weighted by Gasteiger charge is 2.27. The van der Waals surface area contributed by atoms with E-state index in [1.54, 1.807) is 31.3 Å². The lowest BCUT2D eigenvalue weighted by molar-refractivity contribution is -0.141. The first kappa shape index (κ1) is 28.2. The largest absolute Gasteiger partial charge is 0.481 e. The van der Waals surface area contributed by atoms with Crippen LogP contribution in [0.25, 0.3) is 0 Å². The molecule has 0 aliphatic carbocycles. The number of carboxylic acids is 1. The van der Waals surface area contributed by atoms with Crippen molar-refractivity contribution in [2.75, 3.05) is 26.7 Å². The summed E-state index contributed by atoms with van der Waals surface area (Å²) in [6.07, 6.45) is -0.695. The molecule has 1 atom stereocenters. The Morgan fingerprint density at radius 2 is 1.82 bits per heavy atom. The van der Waals surface area contributed by atoms with E-state index in [0.717, 1.165) is 0 Å². The number of para-hydroxylation sites is 1. The van der Waals surface area contributed by atoms with Crippen molar-refractivity contribution >= 4 is 29.8 Å². The Hall–Kier alpha value is -3.83. The van der Waals surface area contributed by atoms with Crippen LogP contribution in [0.1, 0.15) is 33.1 Å². The van der Waals surface area contributed by atoms with Crippen LogP contribution in [0.2, 0.25) is 0 Å². The van der Waals surface area contributed by atoms with Gasteiger partial charge >= 0.3 is 12.1 Å². The van der Waals surface area contributed by atoms with Gasteiger partial charge in [-0.2, -0.15) is 0 Å². The van der Waals surface area contributed by atoms with Crippen LogP contribution in [0.5, 0.6) is 5.75 Å². The van der Waals surface area contributed by atoms with E-state index in [4.69, 9.17) is 21.3 Å². The minimum Gasteiger partial charge on any atom is -0.481 e. The van der Waals surface area contributed by atoms with Gasteiger partial charge < -0.3 is 36.8 Å². The van der Waals surface area contributed by atoms with Gasteiger partial charge in [-0.05, 0) is 30.4 Å². The van der Waals surface area contributed by atoms with Crippen LogP contribution in [0.4, 0.5) is 4.79 Å². The van der Waals surface area contributed by atoms with E-state index >= 15 is 0 Å².